The highest BCUT2D eigenvalue weighted by Gasteiger charge is 2.10. The SMILES string of the molecule is CCCC[C@H](N)C(=O)CF. The molecule has 0 radical (unpaired) electrons. The fraction of sp³-hybridized carbons (Fsp3) is 0.857. The second kappa shape index (κ2) is 5.35. The number of alkyl halides is 1. The van der Waals surface area contributed by atoms with E-state index in [0.29, 0.717) is 6.42 Å². The van der Waals surface area contributed by atoms with Crippen molar-refractivity contribution in [3.63, 3.8) is 0 Å². The molecule has 0 aliphatic heterocycles. The summed E-state index contributed by atoms with van der Waals surface area (Å²) < 4.78 is 11.6. The molecule has 0 aromatic heterocycles. The average Bonchev–Trinajstić information content (AvgIpc) is 1.98. The predicted octanol–water partition coefficient (Wildman–Crippen LogP) is 1.04. The zero-order chi connectivity index (χ0) is 7.98. The maximum atomic E-state index is 11.6. The first kappa shape index (κ1) is 9.56. The molecule has 0 spiro atoms. The fourth-order valence-electron chi connectivity index (χ4n) is 0.684. The molecule has 0 saturated heterocycles. The van der Waals surface area contributed by atoms with Gasteiger partial charge in [0, 0.05) is 0 Å². The lowest BCUT2D eigenvalue weighted by molar-refractivity contribution is -0.121. The van der Waals surface area contributed by atoms with Crippen molar-refractivity contribution in [3.8, 4) is 0 Å². The van der Waals surface area contributed by atoms with Crippen molar-refractivity contribution in [2.45, 2.75) is 32.2 Å². The van der Waals surface area contributed by atoms with E-state index in [1.807, 2.05) is 6.92 Å². The van der Waals surface area contributed by atoms with Crippen molar-refractivity contribution in [3.05, 3.63) is 0 Å². The molecule has 0 rings (SSSR count). The largest absolute Gasteiger partial charge is 0.321 e. The van der Waals surface area contributed by atoms with Crippen LogP contribution in [-0.4, -0.2) is 18.5 Å². The molecule has 0 aliphatic rings. The van der Waals surface area contributed by atoms with Gasteiger partial charge in [0.1, 0.15) is 6.67 Å². The molecule has 2 nitrogen and oxygen atoms in total. The fourth-order valence-corrected chi connectivity index (χ4v) is 0.684. The van der Waals surface area contributed by atoms with Crippen LogP contribution in [0.5, 0.6) is 0 Å². The van der Waals surface area contributed by atoms with Gasteiger partial charge in [0.15, 0.2) is 5.78 Å². The lowest BCUT2D eigenvalue weighted by atomic mass is 10.1. The van der Waals surface area contributed by atoms with Gasteiger partial charge in [-0.2, -0.15) is 0 Å². The number of carbonyl (C=O) groups excluding carboxylic acids is 1. The lowest BCUT2D eigenvalue weighted by Gasteiger charge is -2.05. The molecule has 60 valence electrons. The Kier molecular flexibility index (Phi) is 5.12. The number of carbonyl (C=O) groups is 1. The van der Waals surface area contributed by atoms with Crippen LogP contribution in [0, 0.1) is 0 Å². The van der Waals surface area contributed by atoms with Crippen molar-refractivity contribution in [2.24, 2.45) is 5.73 Å². The van der Waals surface area contributed by atoms with Gasteiger partial charge in [0.2, 0.25) is 0 Å². The molecule has 0 unspecified atom stereocenters. The highest BCUT2D eigenvalue weighted by atomic mass is 19.1. The van der Waals surface area contributed by atoms with Crippen LogP contribution in [0.4, 0.5) is 4.39 Å². The maximum Gasteiger partial charge on any atom is 0.180 e. The summed E-state index contributed by atoms with van der Waals surface area (Å²) in [7, 11) is 0. The summed E-state index contributed by atoms with van der Waals surface area (Å²) in [6.07, 6.45) is 2.50. The Morgan fingerprint density at radius 3 is 2.70 bits per heavy atom. The molecule has 3 heteroatoms. The van der Waals surface area contributed by atoms with Crippen LogP contribution >= 0.6 is 0 Å². The first-order chi connectivity index (χ1) is 4.72. The standard InChI is InChI=1S/C7H14FNO/c1-2-3-4-6(9)7(10)5-8/h6H,2-5,9H2,1H3/t6-/m0/s1. The minimum absolute atomic E-state index is 0.478. The zero-order valence-corrected chi connectivity index (χ0v) is 6.27. The summed E-state index contributed by atoms with van der Waals surface area (Å²) in [4.78, 5) is 10.5. The molecule has 0 fully saturated rings. The summed E-state index contributed by atoms with van der Waals surface area (Å²) in [5.41, 5.74) is 5.32. The zero-order valence-electron chi connectivity index (χ0n) is 6.27. The third kappa shape index (κ3) is 3.56. The molecule has 1 atom stereocenters. The Balaban J connectivity index is 3.41. The molecule has 0 heterocycles. The molecule has 0 saturated carbocycles. The number of ketones is 1. The van der Waals surface area contributed by atoms with Crippen molar-refractivity contribution >= 4 is 5.78 Å². The molecular weight excluding hydrogens is 133 g/mol. The molecule has 10 heavy (non-hydrogen) atoms. The minimum atomic E-state index is -0.926. The monoisotopic (exact) mass is 147 g/mol. The van der Waals surface area contributed by atoms with Gasteiger partial charge in [-0.25, -0.2) is 4.39 Å². The van der Waals surface area contributed by atoms with Gasteiger partial charge in [0.25, 0.3) is 0 Å². The number of rotatable bonds is 5. The Morgan fingerprint density at radius 2 is 2.30 bits per heavy atom. The van der Waals surface area contributed by atoms with Crippen LogP contribution in [0.1, 0.15) is 26.2 Å². The van der Waals surface area contributed by atoms with Crippen LogP contribution in [-0.2, 0) is 4.79 Å². The van der Waals surface area contributed by atoms with Crippen LogP contribution in [0.3, 0.4) is 0 Å². The summed E-state index contributed by atoms with van der Waals surface area (Å²) in [6, 6.07) is -0.579. The lowest BCUT2D eigenvalue weighted by Crippen LogP contribution is -2.31. The van der Waals surface area contributed by atoms with E-state index < -0.39 is 18.5 Å². The van der Waals surface area contributed by atoms with Crippen molar-refractivity contribution in [1.82, 2.24) is 0 Å². The second-order valence-electron chi connectivity index (χ2n) is 2.35. The number of Topliss-reactive ketones (excluding diaryl/α,β-unsaturated/α-hetero) is 1. The highest BCUT2D eigenvalue weighted by Crippen LogP contribution is 1.98. The van der Waals surface area contributed by atoms with Gasteiger partial charge >= 0.3 is 0 Å². The Hall–Kier alpha value is -0.440. The average molecular weight is 147 g/mol. The van der Waals surface area contributed by atoms with E-state index in [4.69, 9.17) is 5.73 Å². The summed E-state index contributed by atoms with van der Waals surface area (Å²) in [5.74, 6) is -0.478. The van der Waals surface area contributed by atoms with Gasteiger partial charge < -0.3 is 5.73 Å². The highest BCUT2D eigenvalue weighted by molar-refractivity contribution is 5.84. The first-order valence-electron chi connectivity index (χ1n) is 3.56. The third-order valence-corrected chi connectivity index (χ3v) is 1.41. The maximum absolute atomic E-state index is 11.6. The number of hydrogen-bond acceptors (Lipinski definition) is 2. The molecule has 0 amide bonds. The van der Waals surface area contributed by atoms with Crippen molar-refractivity contribution < 1.29 is 9.18 Å². The van der Waals surface area contributed by atoms with Crippen LogP contribution < -0.4 is 5.73 Å². The Morgan fingerprint density at radius 1 is 1.70 bits per heavy atom. The summed E-state index contributed by atoms with van der Waals surface area (Å²) >= 11 is 0. The second-order valence-corrected chi connectivity index (χ2v) is 2.35. The van der Waals surface area contributed by atoms with E-state index in [1.165, 1.54) is 0 Å². The Labute approximate surface area is 60.6 Å². The minimum Gasteiger partial charge on any atom is -0.321 e. The smallest absolute Gasteiger partial charge is 0.180 e. The third-order valence-electron chi connectivity index (χ3n) is 1.41. The topological polar surface area (TPSA) is 43.1 Å². The van der Waals surface area contributed by atoms with Gasteiger partial charge in [-0.3, -0.25) is 4.79 Å². The first-order valence-corrected chi connectivity index (χ1v) is 3.56. The number of nitrogens with two attached hydrogens (primary N) is 1. The molecule has 0 aliphatic carbocycles. The Bertz CT molecular complexity index is 106. The molecule has 0 aromatic rings. The van der Waals surface area contributed by atoms with Crippen molar-refractivity contribution in [2.75, 3.05) is 6.67 Å². The quantitative estimate of drug-likeness (QED) is 0.631. The number of halogens is 1. The van der Waals surface area contributed by atoms with Gasteiger partial charge in [-0.1, -0.05) is 19.8 Å². The van der Waals surface area contributed by atoms with Crippen LogP contribution in [0.15, 0.2) is 0 Å². The van der Waals surface area contributed by atoms with Crippen molar-refractivity contribution in [1.29, 1.82) is 0 Å². The van der Waals surface area contributed by atoms with Gasteiger partial charge in [-0.05, 0) is 6.42 Å². The van der Waals surface area contributed by atoms with Crippen LogP contribution in [0.25, 0.3) is 0 Å². The van der Waals surface area contributed by atoms with E-state index in [-0.39, 0.29) is 0 Å². The van der Waals surface area contributed by atoms with E-state index in [1.54, 1.807) is 0 Å². The predicted molar refractivity (Wildman–Crippen MR) is 38.5 cm³/mol. The molecule has 2 N–H and O–H groups in total. The van der Waals surface area contributed by atoms with Crippen LogP contribution in [0.2, 0.25) is 0 Å². The summed E-state index contributed by atoms with van der Waals surface area (Å²) in [5, 5.41) is 0. The number of unbranched alkanes of at least 4 members (excludes halogenated alkanes) is 1. The van der Waals surface area contributed by atoms with Gasteiger partial charge in [-0.15, -0.1) is 0 Å². The van der Waals surface area contributed by atoms with E-state index in [9.17, 15) is 9.18 Å². The van der Waals surface area contributed by atoms with E-state index >= 15 is 0 Å². The number of hydrogen-bond donors (Lipinski definition) is 1. The molecule has 0 aromatic carbocycles. The normalized spacial score (nSPS) is 13.1. The van der Waals surface area contributed by atoms with E-state index in [2.05, 4.69) is 0 Å². The molecular formula is C7H14FNO. The summed E-state index contributed by atoms with van der Waals surface area (Å²) in [6.45, 7) is 1.08. The van der Waals surface area contributed by atoms with Gasteiger partial charge in [0.05, 0.1) is 6.04 Å². The van der Waals surface area contributed by atoms with E-state index in [0.717, 1.165) is 12.8 Å². The molecule has 0 bridgehead atoms.